The maximum absolute atomic E-state index is 14.1. The van der Waals surface area contributed by atoms with Crippen molar-refractivity contribution in [2.75, 3.05) is 50.4 Å². The van der Waals surface area contributed by atoms with E-state index in [4.69, 9.17) is 0 Å². The summed E-state index contributed by atoms with van der Waals surface area (Å²) in [6.07, 6.45) is 3.82. The molecule has 4 rings (SSSR count). The molecule has 0 unspecified atom stereocenters. The van der Waals surface area contributed by atoms with Gasteiger partial charge in [-0.3, -0.25) is 4.79 Å². The molecule has 2 fully saturated rings. The predicted octanol–water partition coefficient (Wildman–Crippen LogP) is 3.93. The number of para-hydroxylation sites is 1. The molecule has 2 aliphatic rings. The molecule has 33 heavy (non-hydrogen) atoms. The van der Waals surface area contributed by atoms with Gasteiger partial charge in [0.05, 0.1) is 16.1 Å². The number of thioether (sulfide) groups is 1. The van der Waals surface area contributed by atoms with Gasteiger partial charge >= 0.3 is 0 Å². The quantitative estimate of drug-likeness (QED) is 0.593. The van der Waals surface area contributed by atoms with Crippen molar-refractivity contribution < 1.29 is 17.6 Å². The molecular weight excluding hydrogens is 461 g/mol. The van der Waals surface area contributed by atoms with Gasteiger partial charge in [0.2, 0.25) is 10.0 Å². The topological polar surface area (TPSA) is 60.9 Å². The normalized spacial score (nSPS) is 18.5. The second kappa shape index (κ2) is 10.0. The summed E-state index contributed by atoms with van der Waals surface area (Å²) in [6.45, 7) is 4.91. The van der Waals surface area contributed by atoms with Gasteiger partial charge in [-0.2, -0.15) is 4.31 Å². The number of piperidine rings is 1. The number of halogens is 1. The molecule has 6 nitrogen and oxygen atoms in total. The van der Waals surface area contributed by atoms with Crippen molar-refractivity contribution in [3.63, 3.8) is 0 Å². The van der Waals surface area contributed by atoms with Crippen LogP contribution < -0.4 is 4.90 Å². The maximum atomic E-state index is 14.1. The van der Waals surface area contributed by atoms with Crippen LogP contribution in [0.3, 0.4) is 0 Å². The fraction of sp³-hybridized carbons (Fsp3) is 0.458. The minimum absolute atomic E-state index is 0.104. The Morgan fingerprint density at radius 1 is 1.00 bits per heavy atom. The lowest BCUT2D eigenvalue weighted by Crippen LogP contribution is -2.49. The second-order valence-electron chi connectivity index (χ2n) is 8.68. The molecule has 2 aliphatic heterocycles. The number of rotatable bonds is 5. The first-order valence-corrected chi connectivity index (χ1v) is 13.9. The zero-order valence-corrected chi connectivity index (χ0v) is 20.7. The van der Waals surface area contributed by atoms with E-state index in [0.717, 1.165) is 17.7 Å². The SMILES string of the molecule is CSc1ccc(S(=O)(=O)N2CCN(c3ccccc3F)CC2)cc1C(=O)N1CCC(C)CC1. The monoisotopic (exact) mass is 491 g/mol. The minimum atomic E-state index is -3.77. The molecule has 2 aromatic rings. The van der Waals surface area contributed by atoms with Crippen LogP contribution >= 0.6 is 11.8 Å². The van der Waals surface area contributed by atoms with Crippen LogP contribution in [0.1, 0.15) is 30.1 Å². The van der Waals surface area contributed by atoms with Crippen LogP contribution in [0.25, 0.3) is 0 Å². The first-order valence-electron chi connectivity index (χ1n) is 11.3. The van der Waals surface area contributed by atoms with E-state index in [-0.39, 0.29) is 29.7 Å². The molecule has 0 spiro atoms. The van der Waals surface area contributed by atoms with Gasteiger partial charge in [0.1, 0.15) is 5.82 Å². The van der Waals surface area contributed by atoms with E-state index in [1.54, 1.807) is 30.3 Å². The van der Waals surface area contributed by atoms with Crippen LogP contribution in [0, 0.1) is 11.7 Å². The molecule has 2 heterocycles. The second-order valence-corrected chi connectivity index (χ2v) is 11.5. The first kappa shape index (κ1) is 24.0. The Kier molecular flexibility index (Phi) is 7.31. The lowest BCUT2D eigenvalue weighted by atomic mass is 9.98. The number of benzene rings is 2. The highest BCUT2D eigenvalue weighted by Crippen LogP contribution is 2.29. The van der Waals surface area contributed by atoms with Gasteiger partial charge < -0.3 is 9.80 Å². The van der Waals surface area contributed by atoms with E-state index in [1.165, 1.54) is 28.2 Å². The smallest absolute Gasteiger partial charge is 0.255 e. The van der Waals surface area contributed by atoms with E-state index in [0.29, 0.717) is 43.3 Å². The minimum Gasteiger partial charge on any atom is -0.367 e. The Bertz CT molecular complexity index is 1110. The van der Waals surface area contributed by atoms with Crippen molar-refractivity contribution in [1.29, 1.82) is 0 Å². The van der Waals surface area contributed by atoms with Gasteiger partial charge in [-0.1, -0.05) is 19.1 Å². The van der Waals surface area contributed by atoms with Gasteiger partial charge in [0.25, 0.3) is 5.91 Å². The number of likely N-dealkylation sites (tertiary alicyclic amines) is 1. The van der Waals surface area contributed by atoms with Gasteiger partial charge in [-0.15, -0.1) is 11.8 Å². The van der Waals surface area contributed by atoms with Gasteiger partial charge in [0, 0.05) is 44.2 Å². The standard InChI is InChI=1S/C24H30FN3O3S2/c1-18-9-11-27(12-10-18)24(29)20-17-19(7-8-23(20)32-2)33(30,31)28-15-13-26(14-16-28)22-6-4-3-5-21(22)25/h3-8,17-18H,9-16H2,1-2H3. The fourth-order valence-electron chi connectivity index (χ4n) is 4.42. The number of sulfonamides is 1. The third kappa shape index (κ3) is 5.05. The van der Waals surface area contributed by atoms with Crippen LogP contribution in [0.4, 0.5) is 10.1 Å². The summed E-state index contributed by atoms with van der Waals surface area (Å²) in [5.41, 5.74) is 0.936. The molecule has 0 aromatic heterocycles. The zero-order valence-electron chi connectivity index (χ0n) is 19.0. The summed E-state index contributed by atoms with van der Waals surface area (Å²) in [6, 6.07) is 11.4. The van der Waals surface area contributed by atoms with E-state index < -0.39 is 10.0 Å². The van der Waals surface area contributed by atoms with E-state index in [1.807, 2.05) is 16.1 Å². The molecule has 0 N–H and O–H groups in total. The molecule has 2 saturated heterocycles. The number of anilines is 1. The highest BCUT2D eigenvalue weighted by Gasteiger charge is 2.31. The molecular formula is C24H30FN3O3S2. The molecule has 0 saturated carbocycles. The Labute approximate surface area is 199 Å². The summed E-state index contributed by atoms with van der Waals surface area (Å²) in [4.78, 5) is 17.8. The largest absolute Gasteiger partial charge is 0.367 e. The number of amides is 1. The molecule has 1 amide bonds. The molecule has 9 heteroatoms. The Morgan fingerprint density at radius 3 is 2.30 bits per heavy atom. The van der Waals surface area contributed by atoms with E-state index >= 15 is 0 Å². The fourth-order valence-corrected chi connectivity index (χ4v) is 6.44. The summed E-state index contributed by atoms with van der Waals surface area (Å²) in [7, 11) is -3.77. The average molecular weight is 492 g/mol. The number of nitrogens with zero attached hydrogens (tertiary/aromatic N) is 3. The summed E-state index contributed by atoms with van der Waals surface area (Å²) in [5.74, 6) is 0.188. The van der Waals surface area contributed by atoms with Crippen LogP contribution in [-0.2, 0) is 10.0 Å². The summed E-state index contributed by atoms with van der Waals surface area (Å²) >= 11 is 1.44. The number of carbonyl (C=O) groups is 1. The number of hydrogen-bond acceptors (Lipinski definition) is 5. The highest BCUT2D eigenvalue weighted by molar-refractivity contribution is 7.98. The lowest BCUT2D eigenvalue weighted by Gasteiger charge is -2.35. The van der Waals surface area contributed by atoms with Crippen molar-refractivity contribution in [2.24, 2.45) is 5.92 Å². The molecule has 178 valence electrons. The highest BCUT2D eigenvalue weighted by atomic mass is 32.2. The van der Waals surface area contributed by atoms with Gasteiger partial charge in [-0.25, -0.2) is 12.8 Å². The molecule has 0 atom stereocenters. The predicted molar refractivity (Wildman–Crippen MR) is 130 cm³/mol. The first-order chi connectivity index (χ1) is 15.8. The Hall–Kier alpha value is -2.10. The number of hydrogen-bond donors (Lipinski definition) is 0. The molecule has 0 bridgehead atoms. The third-order valence-corrected chi connectivity index (χ3v) is 9.23. The summed E-state index contributed by atoms with van der Waals surface area (Å²) < 4.78 is 42.3. The zero-order chi connectivity index (χ0) is 23.6. The van der Waals surface area contributed by atoms with Gasteiger partial charge in [-0.05, 0) is 55.3 Å². The Morgan fingerprint density at radius 2 is 1.67 bits per heavy atom. The van der Waals surface area contributed by atoms with Crippen LogP contribution in [0.5, 0.6) is 0 Å². The molecule has 2 aromatic carbocycles. The maximum Gasteiger partial charge on any atom is 0.255 e. The lowest BCUT2D eigenvalue weighted by molar-refractivity contribution is 0.0693. The van der Waals surface area contributed by atoms with Crippen molar-refractivity contribution in [3.05, 3.63) is 53.8 Å². The number of carbonyl (C=O) groups excluding carboxylic acids is 1. The van der Waals surface area contributed by atoms with Crippen molar-refractivity contribution in [2.45, 2.75) is 29.6 Å². The van der Waals surface area contributed by atoms with Crippen molar-refractivity contribution >= 4 is 33.4 Å². The average Bonchev–Trinajstić information content (AvgIpc) is 2.84. The van der Waals surface area contributed by atoms with E-state index in [9.17, 15) is 17.6 Å². The Balaban J connectivity index is 1.53. The van der Waals surface area contributed by atoms with E-state index in [2.05, 4.69) is 6.92 Å². The molecule has 0 aliphatic carbocycles. The molecule has 0 radical (unpaired) electrons. The van der Waals surface area contributed by atoms with Crippen LogP contribution in [0.2, 0.25) is 0 Å². The van der Waals surface area contributed by atoms with Crippen molar-refractivity contribution in [1.82, 2.24) is 9.21 Å². The van der Waals surface area contributed by atoms with Crippen LogP contribution in [-0.4, -0.2) is 69.1 Å². The number of piperazine rings is 1. The van der Waals surface area contributed by atoms with Crippen molar-refractivity contribution in [3.8, 4) is 0 Å². The van der Waals surface area contributed by atoms with Gasteiger partial charge in [0.15, 0.2) is 0 Å². The third-order valence-electron chi connectivity index (χ3n) is 6.54. The van der Waals surface area contributed by atoms with Crippen LogP contribution in [0.15, 0.2) is 52.3 Å². The summed E-state index contributed by atoms with van der Waals surface area (Å²) in [5, 5.41) is 0.